The second-order valence-electron chi connectivity index (χ2n) is 5.44. The topological polar surface area (TPSA) is 74.5 Å². The zero-order valence-electron chi connectivity index (χ0n) is 13.4. The predicted molar refractivity (Wildman–Crippen MR) is 92.9 cm³/mol. The fourth-order valence-corrected chi connectivity index (χ4v) is 2.70. The van der Waals surface area contributed by atoms with Crippen molar-refractivity contribution in [1.29, 1.82) is 0 Å². The number of para-hydroxylation sites is 1. The van der Waals surface area contributed by atoms with Crippen LogP contribution in [0.2, 0.25) is 0 Å². The Labute approximate surface area is 142 Å². The average Bonchev–Trinajstić information content (AvgIpc) is 2.65. The third-order valence-electron chi connectivity index (χ3n) is 3.91. The van der Waals surface area contributed by atoms with Crippen LogP contribution in [0.3, 0.4) is 0 Å². The van der Waals surface area contributed by atoms with Gasteiger partial charge in [0.2, 0.25) is 5.88 Å². The Morgan fingerprint density at radius 2 is 1.92 bits per heavy atom. The summed E-state index contributed by atoms with van der Waals surface area (Å²) < 4.78 is 16.3. The number of rotatable bonds is 4. The number of hydrogen-bond donors (Lipinski definition) is 0. The lowest BCUT2D eigenvalue weighted by Crippen LogP contribution is -2.05. The molecule has 0 amide bonds. The van der Waals surface area contributed by atoms with Gasteiger partial charge in [-0.05, 0) is 24.3 Å². The molecule has 0 aliphatic carbocycles. The second kappa shape index (κ2) is 6.24. The number of fused-ring (bicyclic) bond motifs is 2. The summed E-state index contributed by atoms with van der Waals surface area (Å²) in [5.74, 6) is 1.09. The minimum absolute atomic E-state index is 0.190. The Morgan fingerprint density at radius 3 is 2.80 bits per heavy atom. The van der Waals surface area contributed by atoms with Crippen LogP contribution in [0.4, 0.5) is 0 Å². The molecule has 4 aromatic rings. The van der Waals surface area contributed by atoms with E-state index in [0.717, 1.165) is 21.9 Å². The van der Waals surface area contributed by atoms with Gasteiger partial charge in [-0.3, -0.25) is 0 Å². The molecular weight excluding hydrogens is 320 g/mol. The summed E-state index contributed by atoms with van der Waals surface area (Å²) in [6.07, 6.45) is 1.46. The summed E-state index contributed by atoms with van der Waals surface area (Å²) in [6.45, 7) is 0.190. The average molecular weight is 334 g/mol. The van der Waals surface area contributed by atoms with E-state index in [1.807, 2.05) is 36.4 Å². The lowest BCUT2D eigenvalue weighted by molar-refractivity contribution is 0.298. The minimum atomic E-state index is -0.438. The normalized spacial score (nSPS) is 10.9. The maximum atomic E-state index is 11.8. The molecule has 25 heavy (non-hydrogen) atoms. The van der Waals surface area contributed by atoms with Crippen LogP contribution in [0.5, 0.6) is 11.6 Å². The fraction of sp³-hybridized carbons (Fsp3) is 0.105. The van der Waals surface area contributed by atoms with Crippen LogP contribution in [0, 0.1) is 0 Å². The molecule has 0 atom stereocenters. The van der Waals surface area contributed by atoms with Crippen LogP contribution >= 0.6 is 0 Å². The van der Waals surface area contributed by atoms with E-state index in [1.165, 1.54) is 12.4 Å². The molecule has 0 saturated carbocycles. The van der Waals surface area contributed by atoms with Crippen molar-refractivity contribution in [3.05, 3.63) is 70.8 Å². The van der Waals surface area contributed by atoms with Crippen LogP contribution in [-0.4, -0.2) is 17.1 Å². The highest BCUT2D eigenvalue weighted by Gasteiger charge is 2.10. The summed E-state index contributed by atoms with van der Waals surface area (Å²) in [5, 5.41) is 1.61. The van der Waals surface area contributed by atoms with Crippen molar-refractivity contribution in [2.45, 2.75) is 6.61 Å². The first-order valence-corrected chi connectivity index (χ1v) is 7.68. The molecule has 0 radical (unpaired) electrons. The Morgan fingerprint density at radius 1 is 1.04 bits per heavy atom. The van der Waals surface area contributed by atoms with Gasteiger partial charge in [0.1, 0.15) is 24.3 Å². The molecule has 6 heteroatoms. The number of nitrogens with zero attached hydrogens (tertiary/aromatic N) is 2. The number of hydrogen-bond acceptors (Lipinski definition) is 6. The first-order valence-electron chi connectivity index (χ1n) is 7.68. The third-order valence-corrected chi connectivity index (χ3v) is 3.91. The smallest absolute Gasteiger partial charge is 0.336 e. The molecule has 4 rings (SSSR count). The SMILES string of the molecule is COc1ccc2c(COc3ncnc4ccccc34)cc(=O)oc2c1. The molecule has 0 fully saturated rings. The quantitative estimate of drug-likeness (QED) is 0.533. The predicted octanol–water partition coefficient (Wildman–Crippen LogP) is 3.32. The second-order valence-corrected chi connectivity index (χ2v) is 5.44. The van der Waals surface area contributed by atoms with Crippen molar-refractivity contribution in [1.82, 2.24) is 9.97 Å². The summed E-state index contributed by atoms with van der Waals surface area (Å²) in [7, 11) is 1.56. The molecule has 6 nitrogen and oxygen atoms in total. The molecule has 2 heterocycles. The standard InChI is InChI=1S/C19H14N2O4/c1-23-13-6-7-14-12(8-18(22)25-17(14)9-13)10-24-19-15-4-2-3-5-16(15)20-11-21-19/h2-9,11H,10H2,1H3. The summed E-state index contributed by atoms with van der Waals surface area (Å²) in [4.78, 5) is 20.2. The first kappa shape index (κ1) is 15.1. The molecule has 0 unspecified atom stereocenters. The van der Waals surface area contributed by atoms with Gasteiger partial charge in [-0.15, -0.1) is 0 Å². The number of benzene rings is 2. The van der Waals surface area contributed by atoms with Gasteiger partial charge in [0, 0.05) is 23.1 Å². The van der Waals surface area contributed by atoms with Gasteiger partial charge in [-0.2, -0.15) is 0 Å². The van der Waals surface area contributed by atoms with E-state index >= 15 is 0 Å². The van der Waals surface area contributed by atoms with Crippen molar-refractivity contribution in [3.63, 3.8) is 0 Å². The van der Waals surface area contributed by atoms with Gasteiger partial charge in [-0.1, -0.05) is 12.1 Å². The van der Waals surface area contributed by atoms with Crippen molar-refractivity contribution in [2.75, 3.05) is 7.11 Å². The highest BCUT2D eigenvalue weighted by atomic mass is 16.5. The lowest BCUT2D eigenvalue weighted by atomic mass is 10.1. The fourth-order valence-electron chi connectivity index (χ4n) is 2.70. The van der Waals surface area contributed by atoms with Crippen molar-refractivity contribution >= 4 is 21.9 Å². The molecule has 2 aromatic heterocycles. The van der Waals surface area contributed by atoms with Crippen molar-refractivity contribution < 1.29 is 13.9 Å². The number of methoxy groups -OCH3 is 1. The molecule has 0 bridgehead atoms. The molecule has 0 aliphatic rings. The minimum Gasteiger partial charge on any atom is -0.497 e. The molecule has 124 valence electrons. The highest BCUT2D eigenvalue weighted by Crippen LogP contribution is 2.25. The van der Waals surface area contributed by atoms with Crippen molar-refractivity contribution in [2.24, 2.45) is 0 Å². The maximum Gasteiger partial charge on any atom is 0.336 e. The largest absolute Gasteiger partial charge is 0.497 e. The Bertz CT molecular complexity index is 1120. The van der Waals surface area contributed by atoms with E-state index in [1.54, 1.807) is 13.2 Å². The van der Waals surface area contributed by atoms with E-state index < -0.39 is 5.63 Å². The summed E-state index contributed by atoms with van der Waals surface area (Å²) in [6, 6.07) is 14.4. The van der Waals surface area contributed by atoms with E-state index in [2.05, 4.69) is 9.97 Å². The molecule has 0 spiro atoms. The van der Waals surface area contributed by atoms with Crippen LogP contribution < -0.4 is 15.1 Å². The van der Waals surface area contributed by atoms with Gasteiger partial charge in [0.25, 0.3) is 0 Å². The van der Waals surface area contributed by atoms with Gasteiger partial charge in [-0.25, -0.2) is 14.8 Å². The maximum absolute atomic E-state index is 11.8. The third kappa shape index (κ3) is 2.89. The van der Waals surface area contributed by atoms with Crippen LogP contribution in [-0.2, 0) is 6.61 Å². The van der Waals surface area contributed by atoms with Crippen LogP contribution in [0.25, 0.3) is 21.9 Å². The Hall–Kier alpha value is -3.41. The Kier molecular flexibility index (Phi) is 3.78. The van der Waals surface area contributed by atoms with E-state index in [0.29, 0.717) is 17.2 Å². The highest BCUT2D eigenvalue weighted by molar-refractivity contribution is 5.83. The van der Waals surface area contributed by atoms with Gasteiger partial charge < -0.3 is 13.9 Å². The van der Waals surface area contributed by atoms with Gasteiger partial charge >= 0.3 is 5.63 Å². The zero-order chi connectivity index (χ0) is 17.2. The summed E-state index contributed by atoms with van der Waals surface area (Å²) in [5.41, 5.74) is 1.54. The van der Waals surface area contributed by atoms with Crippen LogP contribution in [0.1, 0.15) is 5.56 Å². The molecule has 0 N–H and O–H groups in total. The number of aromatic nitrogens is 2. The molecular formula is C19H14N2O4. The Balaban J connectivity index is 1.72. The molecule has 0 saturated heterocycles. The zero-order valence-corrected chi connectivity index (χ0v) is 13.4. The number of ether oxygens (including phenoxy) is 2. The van der Waals surface area contributed by atoms with E-state index in [9.17, 15) is 4.79 Å². The van der Waals surface area contributed by atoms with Crippen molar-refractivity contribution in [3.8, 4) is 11.6 Å². The van der Waals surface area contributed by atoms with Gasteiger partial charge in [0.05, 0.1) is 18.0 Å². The van der Waals surface area contributed by atoms with E-state index in [-0.39, 0.29) is 6.61 Å². The van der Waals surface area contributed by atoms with Gasteiger partial charge in [0.15, 0.2) is 0 Å². The molecule has 2 aromatic carbocycles. The first-order chi connectivity index (χ1) is 12.2. The molecule has 0 aliphatic heterocycles. The van der Waals surface area contributed by atoms with Crippen LogP contribution in [0.15, 0.2) is 64.1 Å². The summed E-state index contributed by atoms with van der Waals surface area (Å²) >= 11 is 0. The lowest BCUT2D eigenvalue weighted by Gasteiger charge is -2.10. The van der Waals surface area contributed by atoms with E-state index in [4.69, 9.17) is 13.9 Å². The monoisotopic (exact) mass is 334 g/mol.